The van der Waals surface area contributed by atoms with E-state index in [1.54, 1.807) is 11.3 Å². The SMILES string of the molecule is Cc1ccc2c(c1)c1c3n2C=NC[C@@H]3CCC1. The highest BCUT2D eigenvalue weighted by atomic mass is 15.1. The molecule has 0 bridgehead atoms. The number of aromatic nitrogens is 1. The summed E-state index contributed by atoms with van der Waals surface area (Å²) < 4.78 is 2.33. The molecule has 0 radical (unpaired) electrons. The maximum absolute atomic E-state index is 4.53. The zero-order chi connectivity index (χ0) is 11.4. The van der Waals surface area contributed by atoms with Gasteiger partial charge in [0.15, 0.2) is 0 Å². The lowest BCUT2D eigenvalue weighted by Crippen LogP contribution is -2.20. The normalized spacial score (nSPS) is 21.8. The molecule has 1 atom stereocenters. The van der Waals surface area contributed by atoms with Crippen LogP contribution in [0.15, 0.2) is 23.2 Å². The average molecular weight is 224 g/mol. The van der Waals surface area contributed by atoms with Gasteiger partial charge in [0.1, 0.15) is 0 Å². The van der Waals surface area contributed by atoms with Crippen LogP contribution in [-0.4, -0.2) is 17.5 Å². The minimum atomic E-state index is 0.663. The molecule has 2 heteroatoms. The molecule has 2 aliphatic rings. The quantitative estimate of drug-likeness (QED) is 0.653. The topological polar surface area (TPSA) is 17.3 Å². The highest BCUT2D eigenvalue weighted by Crippen LogP contribution is 2.39. The Labute approximate surface area is 101 Å². The predicted molar refractivity (Wildman–Crippen MR) is 71.1 cm³/mol. The standard InChI is InChI=1S/C15H16N2/c1-10-5-6-14-13(7-10)12-4-2-3-11-8-16-9-17(14)15(11)12/h5-7,9,11H,2-4,8H2,1H3/t11-/m0/s1. The molecule has 0 fully saturated rings. The average Bonchev–Trinajstić information content (AvgIpc) is 2.67. The van der Waals surface area contributed by atoms with Crippen LogP contribution in [0.5, 0.6) is 0 Å². The van der Waals surface area contributed by atoms with Crippen molar-refractivity contribution in [2.24, 2.45) is 4.99 Å². The number of hydrogen-bond acceptors (Lipinski definition) is 1. The van der Waals surface area contributed by atoms with Gasteiger partial charge in [0.05, 0.1) is 11.9 Å². The third kappa shape index (κ3) is 1.18. The number of aliphatic imine (C=N–C) groups is 1. The molecule has 1 aromatic heterocycles. The lowest BCUT2D eigenvalue weighted by atomic mass is 9.86. The van der Waals surface area contributed by atoms with E-state index in [1.807, 2.05) is 6.34 Å². The van der Waals surface area contributed by atoms with Gasteiger partial charge < -0.3 is 4.57 Å². The third-order valence-electron chi connectivity index (χ3n) is 4.19. The van der Waals surface area contributed by atoms with Crippen molar-refractivity contribution in [1.82, 2.24) is 4.57 Å². The van der Waals surface area contributed by atoms with Crippen LogP contribution in [0.2, 0.25) is 0 Å². The highest BCUT2D eigenvalue weighted by molar-refractivity contribution is 5.92. The van der Waals surface area contributed by atoms with Crippen molar-refractivity contribution in [2.75, 3.05) is 6.54 Å². The second kappa shape index (κ2) is 3.22. The molecule has 0 N–H and O–H groups in total. The molecule has 1 aromatic carbocycles. The van der Waals surface area contributed by atoms with E-state index in [2.05, 4.69) is 34.7 Å². The molecule has 0 saturated heterocycles. The Morgan fingerprint density at radius 3 is 3.24 bits per heavy atom. The molecule has 0 amide bonds. The molecule has 2 heterocycles. The van der Waals surface area contributed by atoms with Crippen LogP contribution in [0, 0.1) is 6.92 Å². The van der Waals surface area contributed by atoms with Crippen LogP contribution in [0.3, 0.4) is 0 Å². The minimum absolute atomic E-state index is 0.663. The molecule has 2 aromatic rings. The first-order valence-corrected chi connectivity index (χ1v) is 6.48. The van der Waals surface area contributed by atoms with Crippen LogP contribution < -0.4 is 0 Å². The van der Waals surface area contributed by atoms with Crippen molar-refractivity contribution in [2.45, 2.75) is 32.1 Å². The molecule has 17 heavy (non-hydrogen) atoms. The first-order chi connectivity index (χ1) is 8.34. The summed E-state index contributed by atoms with van der Waals surface area (Å²) in [6.07, 6.45) is 5.89. The smallest absolute Gasteiger partial charge is 0.0938 e. The van der Waals surface area contributed by atoms with Gasteiger partial charge in [-0.2, -0.15) is 0 Å². The molecule has 0 spiro atoms. The van der Waals surface area contributed by atoms with E-state index in [1.165, 1.54) is 35.7 Å². The lowest BCUT2D eigenvalue weighted by Gasteiger charge is -2.25. The molecule has 1 aliphatic carbocycles. The Kier molecular flexibility index (Phi) is 1.79. The highest BCUT2D eigenvalue weighted by Gasteiger charge is 2.28. The molecular weight excluding hydrogens is 208 g/mol. The first-order valence-electron chi connectivity index (χ1n) is 6.48. The van der Waals surface area contributed by atoms with Crippen molar-refractivity contribution in [1.29, 1.82) is 0 Å². The van der Waals surface area contributed by atoms with Crippen LogP contribution in [-0.2, 0) is 6.42 Å². The first kappa shape index (κ1) is 9.46. The Morgan fingerprint density at radius 2 is 2.29 bits per heavy atom. The summed E-state index contributed by atoms with van der Waals surface area (Å²) in [7, 11) is 0. The molecule has 86 valence electrons. The van der Waals surface area contributed by atoms with Gasteiger partial charge in [-0.05, 0) is 43.9 Å². The van der Waals surface area contributed by atoms with E-state index in [4.69, 9.17) is 0 Å². The summed E-state index contributed by atoms with van der Waals surface area (Å²) in [6.45, 7) is 3.17. The maximum atomic E-state index is 4.53. The molecular formula is C15H16N2. The number of rotatable bonds is 0. The second-order valence-corrected chi connectivity index (χ2v) is 5.32. The Bertz CT molecular complexity index is 634. The van der Waals surface area contributed by atoms with Gasteiger partial charge in [-0.25, -0.2) is 0 Å². The van der Waals surface area contributed by atoms with E-state index >= 15 is 0 Å². The molecule has 0 unspecified atom stereocenters. The lowest BCUT2D eigenvalue weighted by molar-refractivity contribution is 0.538. The summed E-state index contributed by atoms with van der Waals surface area (Å²) in [5, 5.41) is 1.46. The van der Waals surface area contributed by atoms with Crippen LogP contribution in [0.1, 0.15) is 35.6 Å². The number of benzene rings is 1. The van der Waals surface area contributed by atoms with Gasteiger partial charge in [-0.1, -0.05) is 11.6 Å². The van der Waals surface area contributed by atoms with Gasteiger partial charge in [-0.3, -0.25) is 4.99 Å². The molecule has 2 nitrogen and oxygen atoms in total. The van der Waals surface area contributed by atoms with Crippen LogP contribution in [0.4, 0.5) is 0 Å². The van der Waals surface area contributed by atoms with Gasteiger partial charge in [0, 0.05) is 23.5 Å². The van der Waals surface area contributed by atoms with Crippen molar-refractivity contribution < 1.29 is 0 Å². The summed E-state index contributed by atoms with van der Waals surface area (Å²) in [4.78, 5) is 4.53. The van der Waals surface area contributed by atoms with Crippen molar-refractivity contribution in [3.05, 3.63) is 35.0 Å². The van der Waals surface area contributed by atoms with E-state index in [9.17, 15) is 0 Å². The van der Waals surface area contributed by atoms with E-state index in [-0.39, 0.29) is 0 Å². The summed E-state index contributed by atoms with van der Waals surface area (Å²) in [6, 6.07) is 6.79. The van der Waals surface area contributed by atoms with Gasteiger partial charge in [0.25, 0.3) is 0 Å². The fourth-order valence-corrected chi connectivity index (χ4v) is 3.44. The number of aryl methyl sites for hydroxylation is 2. The molecule has 1 aliphatic heterocycles. The zero-order valence-corrected chi connectivity index (χ0v) is 10.1. The largest absolute Gasteiger partial charge is 0.304 e. The van der Waals surface area contributed by atoms with Crippen molar-refractivity contribution in [3.8, 4) is 0 Å². The summed E-state index contributed by atoms with van der Waals surface area (Å²) in [5.74, 6) is 0.663. The van der Waals surface area contributed by atoms with Crippen LogP contribution >= 0.6 is 0 Å². The number of nitrogens with zero attached hydrogens (tertiary/aromatic N) is 2. The second-order valence-electron chi connectivity index (χ2n) is 5.32. The third-order valence-corrected chi connectivity index (χ3v) is 4.19. The minimum Gasteiger partial charge on any atom is -0.304 e. The number of fused-ring (bicyclic) bond motifs is 3. The predicted octanol–water partition coefficient (Wildman–Crippen LogP) is 3.26. The maximum Gasteiger partial charge on any atom is 0.0938 e. The van der Waals surface area contributed by atoms with Gasteiger partial charge in [0.2, 0.25) is 0 Å². The van der Waals surface area contributed by atoms with E-state index < -0.39 is 0 Å². The molecule has 0 saturated carbocycles. The van der Waals surface area contributed by atoms with E-state index in [0.29, 0.717) is 5.92 Å². The molecule has 4 rings (SSSR count). The number of hydrogen-bond donors (Lipinski definition) is 0. The fraction of sp³-hybridized carbons (Fsp3) is 0.400. The zero-order valence-electron chi connectivity index (χ0n) is 10.1. The van der Waals surface area contributed by atoms with Crippen LogP contribution in [0.25, 0.3) is 10.9 Å². The van der Waals surface area contributed by atoms with Gasteiger partial charge in [-0.15, -0.1) is 0 Å². The van der Waals surface area contributed by atoms with E-state index in [0.717, 1.165) is 6.54 Å². The Balaban J connectivity index is 2.15. The summed E-state index contributed by atoms with van der Waals surface area (Å²) in [5.41, 5.74) is 5.84. The van der Waals surface area contributed by atoms with Gasteiger partial charge >= 0.3 is 0 Å². The Morgan fingerprint density at radius 1 is 1.35 bits per heavy atom. The van der Waals surface area contributed by atoms with Crippen molar-refractivity contribution >= 4 is 17.2 Å². The van der Waals surface area contributed by atoms with Crippen molar-refractivity contribution in [3.63, 3.8) is 0 Å². The summed E-state index contributed by atoms with van der Waals surface area (Å²) >= 11 is 0. The Hall–Kier alpha value is -1.57. The monoisotopic (exact) mass is 224 g/mol. The fourth-order valence-electron chi connectivity index (χ4n) is 3.44.